The third-order valence-corrected chi connectivity index (χ3v) is 5.24. The van der Waals surface area contributed by atoms with Gasteiger partial charge < -0.3 is 10.2 Å². The molecule has 0 heterocycles. The normalized spacial score (nSPS) is 10.5. The molecule has 0 saturated heterocycles. The maximum absolute atomic E-state index is 13.7. The molecule has 0 aliphatic carbocycles. The second-order valence-corrected chi connectivity index (χ2v) is 7.79. The number of benzene rings is 4. The zero-order valence-electron chi connectivity index (χ0n) is 18.2. The molecule has 0 aliphatic rings. The van der Waals surface area contributed by atoms with E-state index >= 15 is 0 Å². The molecule has 4 nitrogen and oxygen atoms in total. The van der Waals surface area contributed by atoms with Crippen molar-refractivity contribution in [1.29, 1.82) is 0 Å². The summed E-state index contributed by atoms with van der Waals surface area (Å²) in [6, 6.07) is 27.7. The summed E-state index contributed by atoms with van der Waals surface area (Å²) in [6.45, 7) is 0.306. The summed E-state index contributed by atoms with van der Waals surface area (Å²) >= 11 is 0. The lowest BCUT2D eigenvalue weighted by Crippen LogP contribution is -2.30. The minimum Gasteiger partial charge on any atom is -0.326 e. The summed E-state index contributed by atoms with van der Waals surface area (Å²) in [6.07, 6.45) is 0.119. The van der Waals surface area contributed by atoms with Crippen LogP contribution in [0.3, 0.4) is 0 Å². The van der Waals surface area contributed by atoms with E-state index in [1.807, 2.05) is 30.3 Å². The summed E-state index contributed by atoms with van der Waals surface area (Å²) in [5, 5.41) is 2.73. The molecule has 6 heteroatoms. The number of halogens is 2. The van der Waals surface area contributed by atoms with Crippen LogP contribution in [0, 0.1) is 11.6 Å². The molecule has 0 aliphatic heterocycles. The van der Waals surface area contributed by atoms with Gasteiger partial charge in [-0.05, 0) is 65.7 Å². The van der Waals surface area contributed by atoms with Crippen LogP contribution in [-0.4, -0.2) is 11.8 Å². The first-order valence-corrected chi connectivity index (χ1v) is 10.7. The fraction of sp³-hybridized carbons (Fsp3) is 0.0714. The molecular weight excluding hydrogens is 434 g/mol. The zero-order valence-corrected chi connectivity index (χ0v) is 18.2. The van der Waals surface area contributed by atoms with Crippen molar-refractivity contribution in [3.63, 3.8) is 0 Å². The number of amides is 2. The van der Waals surface area contributed by atoms with Crippen LogP contribution in [-0.2, 0) is 17.8 Å². The van der Waals surface area contributed by atoms with Crippen LogP contribution in [0.1, 0.15) is 21.5 Å². The van der Waals surface area contributed by atoms with Crippen molar-refractivity contribution in [2.45, 2.75) is 13.0 Å². The van der Waals surface area contributed by atoms with Crippen molar-refractivity contribution in [2.24, 2.45) is 0 Å². The molecule has 4 rings (SSSR count). The Labute approximate surface area is 196 Å². The molecule has 170 valence electrons. The SMILES string of the molecule is O=C(Cc1ccc(N(Cc2ccccc2)C(=O)c2cccc(F)c2)cc1)Nc1ccc(F)cc1. The predicted octanol–water partition coefficient (Wildman–Crippen LogP) is 5.99. The molecular formula is C28H22F2N2O2. The zero-order chi connectivity index (χ0) is 23.9. The van der Waals surface area contributed by atoms with Crippen molar-refractivity contribution in [3.8, 4) is 0 Å². The Bertz CT molecular complexity index is 1270. The van der Waals surface area contributed by atoms with E-state index in [1.165, 1.54) is 42.5 Å². The van der Waals surface area contributed by atoms with Crippen molar-refractivity contribution in [2.75, 3.05) is 10.2 Å². The Morgan fingerprint density at radius 2 is 1.41 bits per heavy atom. The number of hydrogen-bond donors (Lipinski definition) is 1. The molecule has 0 spiro atoms. The van der Waals surface area contributed by atoms with Gasteiger partial charge in [-0.3, -0.25) is 9.59 Å². The van der Waals surface area contributed by atoms with E-state index in [1.54, 1.807) is 35.2 Å². The van der Waals surface area contributed by atoms with Crippen LogP contribution >= 0.6 is 0 Å². The highest BCUT2D eigenvalue weighted by molar-refractivity contribution is 6.06. The molecule has 4 aromatic rings. The van der Waals surface area contributed by atoms with Crippen LogP contribution in [0.5, 0.6) is 0 Å². The third kappa shape index (κ3) is 5.92. The van der Waals surface area contributed by atoms with Gasteiger partial charge in [0.2, 0.25) is 5.91 Å². The largest absolute Gasteiger partial charge is 0.326 e. The number of hydrogen-bond acceptors (Lipinski definition) is 2. The predicted molar refractivity (Wildman–Crippen MR) is 129 cm³/mol. The topological polar surface area (TPSA) is 49.4 Å². The first-order valence-electron chi connectivity index (χ1n) is 10.7. The lowest BCUT2D eigenvalue weighted by Gasteiger charge is -2.23. The highest BCUT2D eigenvalue weighted by Crippen LogP contribution is 2.22. The smallest absolute Gasteiger partial charge is 0.258 e. The number of anilines is 2. The Hall–Kier alpha value is -4.32. The molecule has 1 N–H and O–H groups in total. The summed E-state index contributed by atoms with van der Waals surface area (Å²) in [7, 11) is 0. The van der Waals surface area contributed by atoms with E-state index in [0.717, 1.165) is 11.1 Å². The summed E-state index contributed by atoms with van der Waals surface area (Å²) in [5.41, 5.74) is 3.06. The summed E-state index contributed by atoms with van der Waals surface area (Å²) in [5.74, 6) is -1.42. The Balaban J connectivity index is 1.52. The number of nitrogens with zero attached hydrogens (tertiary/aromatic N) is 1. The van der Waals surface area contributed by atoms with E-state index in [0.29, 0.717) is 17.9 Å². The number of nitrogens with one attached hydrogen (secondary N) is 1. The fourth-order valence-corrected chi connectivity index (χ4v) is 3.54. The second kappa shape index (κ2) is 10.5. The van der Waals surface area contributed by atoms with Gasteiger partial charge in [0.05, 0.1) is 13.0 Å². The standard InChI is InChI=1S/C28H22F2N2O2/c29-23-11-13-25(14-12-23)31-27(33)17-20-9-15-26(16-10-20)32(19-21-5-2-1-3-6-21)28(34)22-7-4-8-24(30)18-22/h1-16,18H,17,19H2,(H,31,33). The molecule has 4 aromatic carbocycles. The molecule has 0 bridgehead atoms. The van der Waals surface area contributed by atoms with E-state index < -0.39 is 5.82 Å². The van der Waals surface area contributed by atoms with Gasteiger partial charge >= 0.3 is 0 Å². The minimum atomic E-state index is -0.479. The van der Waals surface area contributed by atoms with Crippen LogP contribution < -0.4 is 10.2 Å². The quantitative estimate of drug-likeness (QED) is 0.371. The van der Waals surface area contributed by atoms with Gasteiger partial charge in [0.15, 0.2) is 0 Å². The molecule has 0 saturated carbocycles. The lowest BCUT2D eigenvalue weighted by atomic mass is 10.1. The summed E-state index contributed by atoms with van der Waals surface area (Å²) in [4.78, 5) is 27.2. The van der Waals surface area contributed by atoms with Gasteiger partial charge in [0.1, 0.15) is 11.6 Å². The van der Waals surface area contributed by atoms with E-state index in [2.05, 4.69) is 5.32 Å². The monoisotopic (exact) mass is 456 g/mol. The second-order valence-electron chi connectivity index (χ2n) is 7.79. The van der Waals surface area contributed by atoms with Crippen molar-refractivity contribution in [3.05, 3.63) is 131 Å². The van der Waals surface area contributed by atoms with Gasteiger partial charge in [0, 0.05) is 16.9 Å². The Kier molecular flexibility index (Phi) is 7.08. The molecule has 34 heavy (non-hydrogen) atoms. The van der Waals surface area contributed by atoms with Crippen LogP contribution in [0.4, 0.5) is 20.2 Å². The third-order valence-electron chi connectivity index (χ3n) is 5.24. The average Bonchev–Trinajstić information content (AvgIpc) is 2.85. The van der Waals surface area contributed by atoms with Crippen LogP contribution in [0.2, 0.25) is 0 Å². The molecule has 2 amide bonds. The van der Waals surface area contributed by atoms with Gasteiger partial charge in [0.25, 0.3) is 5.91 Å². The van der Waals surface area contributed by atoms with Crippen molar-refractivity contribution < 1.29 is 18.4 Å². The van der Waals surface area contributed by atoms with E-state index in [-0.39, 0.29) is 29.6 Å². The molecule has 0 unspecified atom stereocenters. The van der Waals surface area contributed by atoms with Gasteiger partial charge in [-0.2, -0.15) is 0 Å². The van der Waals surface area contributed by atoms with Crippen molar-refractivity contribution >= 4 is 23.2 Å². The average molecular weight is 456 g/mol. The van der Waals surface area contributed by atoms with E-state index in [4.69, 9.17) is 0 Å². The molecule has 0 aromatic heterocycles. The number of carbonyl (C=O) groups excluding carboxylic acids is 2. The number of rotatable bonds is 7. The first kappa shape index (κ1) is 22.9. The maximum Gasteiger partial charge on any atom is 0.258 e. The van der Waals surface area contributed by atoms with Crippen LogP contribution in [0.15, 0.2) is 103 Å². The lowest BCUT2D eigenvalue weighted by molar-refractivity contribution is -0.115. The maximum atomic E-state index is 13.7. The molecule has 0 fully saturated rings. The first-order chi connectivity index (χ1) is 16.5. The molecule has 0 radical (unpaired) electrons. The highest BCUT2D eigenvalue weighted by atomic mass is 19.1. The summed E-state index contributed by atoms with van der Waals surface area (Å²) < 4.78 is 26.8. The van der Waals surface area contributed by atoms with Crippen molar-refractivity contribution in [1.82, 2.24) is 0 Å². The van der Waals surface area contributed by atoms with Gasteiger partial charge in [-0.1, -0.05) is 48.5 Å². The minimum absolute atomic E-state index is 0.119. The Morgan fingerprint density at radius 1 is 0.706 bits per heavy atom. The van der Waals surface area contributed by atoms with E-state index in [9.17, 15) is 18.4 Å². The van der Waals surface area contributed by atoms with Crippen LogP contribution in [0.25, 0.3) is 0 Å². The Morgan fingerprint density at radius 3 is 2.09 bits per heavy atom. The van der Waals surface area contributed by atoms with Gasteiger partial charge in [-0.25, -0.2) is 8.78 Å². The molecule has 0 atom stereocenters. The highest BCUT2D eigenvalue weighted by Gasteiger charge is 2.19. The fourth-order valence-electron chi connectivity index (χ4n) is 3.54. The van der Waals surface area contributed by atoms with Gasteiger partial charge in [-0.15, -0.1) is 0 Å². The number of carbonyl (C=O) groups is 2.